The third-order valence-electron chi connectivity index (χ3n) is 1.24. The van der Waals surface area contributed by atoms with Crippen LogP contribution in [0.1, 0.15) is 0 Å². The molecule has 0 aromatic rings. The monoisotopic (exact) mass is 118 g/mol. The molecule has 0 aromatic carbocycles. The van der Waals surface area contributed by atoms with Crippen LogP contribution in [0, 0.1) is 5.92 Å². The molecular weight excluding hydrogens is 111 g/mol. The van der Waals surface area contributed by atoms with E-state index >= 15 is 0 Å². The van der Waals surface area contributed by atoms with Crippen LogP contribution in [-0.2, 0) is 4.79 Å². The summed E-state index contributed by atoms with van der Waals surface area (Å²) in [7, 11) is 0. The van der Waals surface area contributed by atoms with Crippen molar-refractivity contribution >= 4 is 5.91 Å². The van der Waals surface area contributed by atoms with Gasteiger partial charge in [0.1, 0.15) is 0 Å². The number of nitrogens with two attached hydrogens (primary N) is 1. The maximum absolute atomic E-state index is 11.8. The number of halogens is 1. The third kappa shape index (κ3) is 0.790. The molecule has 1 fully saturated rings. The Morgan fingerprint density at radius 1 is 1.75 bits per heavy atom. The molecule has 0 aromatic heterocycles. The van der Waals surface area contributed by atoms with Crippen molar-refractivity contribution in [2.45, 2.75) is 0 Å². The molecule has 0 radical (unpaired) electrons. The van der Waals surface area contributed by atoms with Gasteiger partial charge in [-0.05, 0) is 0 Å². The van der Waals surface area contributed by atoms with Crippen LogP contribution in [0.25, 0.3) is 0 Å². The fourth-order valence-electron chi connectivity index (χ4n) is 0.605. The zero-order valence-electron chi connectivity index (χ0n) is 4.30. The van der Waals surface area contributed by atoms with E-state index in [-0.39, 0.29) is 19.0 Å². The lowest BCUT2D eigenvalue weighted by molar-refractivity contribution is -0.138. The van der Waals surface area contributed by atoms with E-state index in [1.165, 1.54) is 0 Å². The summed E-state index contributed by atoms with van der Waals surface area (Å²) in [6.07, 6.45) is 0. The minimum absolute atomic E-state index is 0.176. The van der Waals surface area contributed by atoms with Crippen LogP contribution in [0.15, 0.2) is 0 Å². The Labute approximate surface area is 46.2 Å². The van der Waals surface area contributed by atoms with Crippen molar-refractivity contribution in [3.63, 3.8) is 0 Å². The molecular formula is C4H7FN2O. The molecule has 1 saturated heterocycles. The van der Waals surface area contributed by atoms with E-state index in [0.717, 1.165) is 0 Å². The molecule has 3 nitrogen and oxygen atoms in total. The number of carbonyl (C=O) groups is 1. The van der Waals surface area contributed by atoms with Gasteiger partial charge in [-0.2, -0.15) is 0 Å². The maximum Gasteiger partial charge on any atom is 0.223 e. The maximum atomic E-state index is 11.8. The van der Waals surface area contributed by atoms with Crippen molar-refractivity contribution in [3.8, 4) is 0 Å². The number of nitrogens with zero attached hydrogens (tertiary/aromatic N) is 1. The van der Waals surface area contributed by atoms with Gasteiger partial charge in [0.2, 0.25) is 5.91 Å². The van der Waals surface area contributed by atoms with Gasteiger partial charge in [-0.1, -0.05) is 0 Å². The van der Waals surface area contributed by atoms with Gasteiger partial charge in [-0.3, -0.25) is 4.79 Å². The number of hydrogen-bond acceptors (Lipinski definition) is 2. The first-order valence-corrected chi connectivity index (χ1v) is 2.40. The number of carbonyl (C=O) groups excluding carboxylic acids is 1. The minimum Gasteiger partial charge on any atom is -0.369 e. The molecule has 0 saturated carbocycles. The van der Waals surface area contributed by atoms with E-state index in [1.54, 1.807) is 0 Å². The quantitative estimate of drug-likeness (QED) is 0.462. The van der Waals surface area contributed by atoms with Gasteiger partial charge in [0, 0.05) is 13.1 Å². The molecule has 8 heavy (non-hydrogen) atoms. The molecule has 0 bridgehead atoms. The normalized spacial score (nSPS) is 22.6. The van der Waals surface area contributed by atoms with Gasteiger partial charge in [-0.25, -0.2) is 0 Å². The van der Waals surface area contributed by atoms with Crippen molar-refractivity contribution < 1.29 is 9.28 Å². The molecule has 1 aliphatic rings. The highest BCUT2D eigenvalue weighted by Crippen LogP contribution is 2.13. The zero-order chi connectivity index (χ0) is 6.15. The largest absolute Gasteiger partial charge is 0.369 e. The lowest BCUT2D eigenvalue weighted by atomic mass is 10.0. The average molecular weight is 118 g/mol. The Hall–Kier alpha value is -0.640. The highest BCUT2D eigenvalue weighted by Gasteiger charge is 2.30. The highest BCUT2D eigenvalue weighted by molar-refractivity contribution is 5.77. The van der Waals surface area contributed by atoms with Crippen LogP contribution in [0.4, 0.5) is 4.48 Å². The Morgan fingerprint density at radius 3 is 2.38 bits per heavy atom. The van der Waals surface area contributed by atoms with Gasteiger partial charge >= 0.3 is 0 Å². The van der Waals surface area contributed by atoms with Crippen LogP contribution >= 0.6 is 0 Å². The number of hydrogen-bond donors (Lipinski definition) is 1. The summed E-state index contributed by atoms with van der Waals surface area (Å²) in [6.45, 7) is 0.352. The van der Waals surface area contributed by atoms with Crippen LogP contribution < -0.4 is 5.73 Å². The Balaban J connectivity index is 2.25. The number of rotatable bonds is 1. The summed E-state index contributed by atoms with van der Waals surface area (Å²) in [5.41, 5.74) is 4.83. The van der Waals surface area contributed by atoms with Crippen molar-refractivity contribution in [2.75, 3.05) is 13.1 Å². The predicted octanol–water partition coefficient (Wildman–Crippen LogP) is -0.712. The molecule has 0 atom stereocenters. The fourth-order valence-corrected chi connectivity index (χ4v) is 0.605. The molecule has 1 amide bonds. The molecule has 2 N–H and O–H groups in total. The molecule has 1 aliphatic heterocycles. The summed E-state index contributed by atoms with van der Waals surface area (Å²) in [4.78, 5) is 10.2. The van der Waals surface area contributed by atoms with Crippen LogP contribution in [0.2, 0.25) is 0 Å². The van der Waals surface area contributed by atoms with Gasteiger partial charge in [0.15, 0.2) is 0 Å². The van der Waals surface area contributed by atoms with Crippen molar-refractivity contribution in [1.29, 1.82) is 0 Å². The molecule has 4 heteroatoms. The van der Waals surface area contributed by atoms with E-state index < -0.39 is 5.91 Å². The molecule has 1 heterocycles. The molecule has 0 unspecified atom stereocenters. The number of amides is 1. The predicted molar refractivity (Wildman–Crippen MR) is 25.4 cm³/mol. The van der Waals surface area contributed by atoms with E-state index in [2.05, 4.69) is 0 Å². The second-order valence-corrected chi connectivity index (χ2v) is 1.93. The lowest BCUT2D eigenvalue weighted by Gasteiger charge is -2.28. The van der Waals surface area contributed by atoms with Crippen molar-refractivity contribution in [2.24, 2.45) is 11.7 Å². The van der Waals surface area contributed by atoms with Crippen molar-refractivity contribution in [1.82, 2.24) is 5.12 Å². The average Bonchev–Trinajstić information content (AvgIpc) is 1.57. The summed E-state index contributed by atoms with van der Waals surface area (Å²) in [5, 5.41) is 0.565. The highest BCUT2D eigenvalue weighted by atomic mass is 19.2. The summed E-state index contributed by atoms with van der Waals surface area (Å²) >= 11 is 0. The van der Waals surface area contributed by atoms with E-state index in [0.29, 0.717) is 5.12 Å². The van der Waals surface area contributed by atoms with E-state index in [9.17, 15) is 9.28 Å². The Bertz CT molecular complexity index is 111. The molecule has 1 rings (SSSR count). The van der Waals surface area contributed by atoms with Crippen LogP contribution in [-0.4, -0.2) is 24.1 Å². The Morgan fingerprint density at radius 2 is 2.25 bits per heavy atom. The first-order valence-electron chi connectivity index (χ1n) is 2.40. The lowest BCUT2D eigenvalue weighted by Crippen LogP contribution is -2.48. The first kappa shape index (κ1) is 5.50. The second-order valence-electron chi connectivity index (χ2n) is 1.93. The minimum atomic E-state index is -0.404. The van der Waals surface area contributed by atoms with Crippen LogP contribution in [0.3, 0.4) is 0 Å². The standard InChI is InChI=1S/C4H7FN2O/c5-7-1-3(2-7)4(6)8/h3H,1-2H2,(H2,6,8). The summed E-state index contributed by atoms with van der Waals surface area (Å²) < 4.78 is 11.8. The molecule has 0 aliphatic carbocycles. The zero-order valence-corrected chi connectivity index (χ0v) is 4.30. The van der Waals surface area contributed by atoms with Crippen molar-refractivity contribution in [3.05, 3.63) is 0 Å². The van der Waals surface area contributed by atoms with Gasteiger partial charge in [0.25, 0.3) is 0 Å². The first-order chi connectivity index (χ1) is 3.70. The smallest absolute Gasteiger partial charge is 0.223 e. The summed E-state index contributed by atoms with van der Waals surface area (Å²) in [5.74, 6) is -0.654. The fraction of sp³-hybridized carbons (Fsp3) is 0.750. The van der Waals surface area contributed by atoms with E-state index in [1.807, 2.05) is 0 Å². The summed E-state index contributed by atoms with van der Waals surface area (Å²) in [6, 6.07) is 0. The van der Waals surface area contributed by atoms with E-state index in [4.69, 9.17) is 5.73 Å². The molecule has 0 spiro atoms. The van der Waals surface area contributed by atoms with Gasteiger partial charge in [0.05, 0.1) is 5.92 Å². The van der Waals surface area contributed by atoms with Crippen LogP contribution in [0.5, 0.6) is 0 Å². The third-order valence-corrected chi connectivity index (χ3v) is 1.24. The topological polar surface area (TPSA) is 46.3 Å². The second kappa shape index (κ2) is 1.70. The molecule has 46 valence electrons. The van der Waals surface area contributed by atoms with Gasteiger partial charge in [-0.15, -0.1) is 9.60 Å². The SMILES string of the molecule is NC(=O)C1CN(F)C1. The number of primary amides is 1. The van der Waals surface area contributed by atoms with Gasteiger partial charge < -0.3 is 5.73 Å². The Kier molecular flexibility index (Phi) is 1.17.